The Morgan fingerprint density at radius 1 is 1.00 bits per heavy atom. The molecule has 0 aromatic carbocycles. The van der Waals surface area contributed by atoms with E-state index in [4.69, 9.17) is 0 Å². The van der Waals surface area contributed by atoms with E-state index in [0.717, 1.165) is 42.9 Å². The van der Waals surface area contributed by atoms with Crippen LogP contribution in [0.1, 0.15) is 98.3 Å². The summed E-state index contributed by atoms with van der Waals surface area (Å²) in [6.07, 6.45) is 15.4. The van der Waals surface area contributed by atoms with Gasteiger partial charge in [0.15, 0.2) is 0 Å². The van der Waals surface area contributed by atoms with E-state index in [0.29, 0.717) is 11.3 Å². The van der Waals surface area contributed by atoms with Gasteiger partial charge in [-0.15, -0.1) is 0 Å². The first-order chi connectivity index (χ1) is 13.3. The number of aliphatic hydroxyl groups excluding tert-OH is 2. The summed E-state index contributed by atoms with van der Waals surface area (Å²) < 4.78 is 0. The fourth-order valence-electron chi connectivity index (χ4n) is 8.25. The van der Waals surface area contributed by atoms with Crippen LogP contribution in [0.4, 0.5) is 0 Å². The maximum Gasteiger partial charge on any atom is 0.101 e. The zero-order chi connectivity index (χ0) is 20.1. The molecular weight excluding hydrogens is 344 g/mol. The first kappa shape index (κ1) is 20.9. The summed E-state index contributed by atoms with van der Waals surface area (Å²) in [7, 11) is 0. The Hall–Kier alpha value is -0.340. The first-order valence-electron chi connectivity index (χ1n) is 12.3. The van der Waals surface area contributed by atoms with E-state index in [1.807, 2.05) is 0 Å². The molecule has 0 amide bonds. The fourth-order valence-corrected chi connectivity index (χ4v) is 8.25. The van der Waals surface area contributed by atoms with Crippen LogP contribution in [0.25, 0.3) is 0 Å². The van der Waals surface area contributed by atoms with Crippen LogP contribution in [0.3, 0.4) is 0 Å². The lowest BCUT2D eigenvalue weighted by Crippen LogP contribution is -2.53. The fraction of sp³-hybridized carbons (Fsp3) is 0.923. The van der Waals surface area contributed by atoms with Gasteiger partial charge in [0.25, 0.3) is 0 Å². The number of rotatable bonds is 5. The number of hydrogen-bond donors (Lipinski definition) is 2. The lowest BCUT2D eigenvalue weighted by atomic mass is 9.47. The molecule has 0 unspecified atom stereocenters. The van der Waals surface area contributed by atoms with E-state index in [-0.39, 0.29) is 5.41 Å². The zero-order valence-corrected chi connectivity index (χ0v) is 18.8. The van der Waals surface area contributed by atoms with Crippen molar-refractivity contribution in [3.05, 3.63) is 11.6 Å². The van der Waals surface area contributed by atoms with Crippen molar-refractivity contribution >= 4 is 0 Å². The van der Waals surface area contributed by atoms with Gasteiger partial charge < -0.3 is 10.2 Å². The van der Waals surface area contributed by atoms with Crippen molar-refractivity contribution < 1.29 is 10.2 Å². The normalized spacial score (nSPS) is 48.0. The minimum atomic E-state index is -0.620. The number of hydrogen-bond acceptors (Lipinski definition) is 2. The van der Waals surface area contributed by atoms with Gasteiger partial charge in [-0.05, 0) is 97.4 Å². The second kappa shape index (κ2) is 7.73. The minimum Gasteiger partial charge on any atom is -0.390 e. The Morgan fingerprint density at radius 3 is 2.54 bits per heavy atom. The first-order valence-corrected chi connectivity index (χ1v) is 12.3. The van der Waals surface area contributed by atoms with Gasteiger partial charge in [0.05, 0.1) is 6.10 Å². The van der Waals surface area contributed by atoms with Crippen molar-refractivity contribution in [2.24, 2.45) is 40.4 Å². The van der Waals surface area contributed by atoms with Gasteiger partial charge in [-0.25, -0.2) is 0 Å². The summed E-state index contributed by atoms with van der Waals surface area (Å²) in [4.78, 5) is 0. The predicted octanol–water partition coefficient (Wildman–Crippen LogP) is 6.11. The predicted molar refractivity (Wildman–Crippen MR) is 116 cm³/mol. The molecule has 0 spiro atoms. The van der Waals surface area contributed by atoms with Crippen LogP contribution in [0.15, 0.2) is 11.6 Å². The monoisotopic (exact) mass is 388 g/mol. The molecule has 2 nitrogen and oxygen atoms in total. The third kappa shape index (κ3) is 3.31. The Bertz CT molecular complexity index is 595. The zero-order valence-electron chi connectivity index (χ0n) is 18.8. The highest BCUT2D eigenvalue weighted by molar-refractivity contribution is 5.29. The van der Waals surface area contributed by atoms with Crippen LogP contribution < -0.4 is 0 Å². The average Bonchev–Trinajstić information content (AvgIpc) is 2.98. The van der Waals surface area contributed by atoms with Crippen molar-refractivity contribution in [3.63, 3.8) is 0 Å². The molecule has 0 radical (unpaired) electrons. The molecule has 3 fully saturated rings. The highest BCUT2D eigenvalue weighted by atomic mass is 16.3. The summed E-state index contributed by atoms with van der Waals surface area (Å²) in [6.45, 7) is 9.74. The molecule has 4 aliphatic rings. The van der Waals surface area contributed by atoms with Crippen LogP contribution in [-0.2, 0) is 0 Å². The molecule has 0 aromatic heterocycles. The Balaban J connectivity index is 1.48. The van der Waals surface area contributed by atoms with E-state index in [1.54, 1.807) is 0 Å². The molecule has 0 saturated heterocycles. The maximum absolute atomic E-state index is 10.6. The van der Waals surface area contributed by atoms with Crippen molar-refractivity contribution in [3.8, 4) is 0 Å². The van der Waals surface area contributed by atoms with Crippen molar-refractivity contribution in [2.75, 3.05) is 0 Å². The van der Waals surface area contributed by atoms with E-state index >= 15 is 0 Å². The van der Waals surface area contributed by atoms with E-state index in [9.17, 15) is 10.2 Å². The molecule has 0 bridgehead atoms. The van der Waals surface area contributed by atoms with Gasteiger partial charge in [-0.3, -0.25) is 0 Å². The van der Waals surface area contributed by atoms with Gasteiger partial charge >= 0.3 is 0 Å². The van der Waals surface area contributed by atoms with Crippen molar-refractivity contribution in [2.45, 2.75) is 111 Å². The van der Waals surface area contributed by atoms with Gasteiger partial charge in [0.1, 0.15) is 6.10 Å². The molecule has 3 saturated carbocycles. The summed E-state index contributed by atoms with van der Waals surface area (Å²) >= 11 is 0. The standard InChI is InChI=1S/C26H44O2/c1-17(2)7-5-6-8-18-9-11-20-19-10-12-22-24(28)23(27)14-16-26(22,4)21(19)13-15-25(18,20)3/h12,17-21,23-24,27-28H,5-11,13-16H2,1-4H3/t18-,19-,20-,21-,23-,24+,25+,26+/m0/s1. The summed E-state index contributed by atoms with van der Waals surface area (Å²) in [5.74, 6) is 4.17. The van der Waals surface area contributed by atoms with Crippen LogP contribution >= 0.6 is 0 Å². The molecule has 28 heavy (non-hydrogen) atoms. The molecular formula is C26H44O2. The van der Waals surface area contributed by atoms with Crippen molar-refractivity contribution in [1.82, 2.24) is 0 Å². The molecule has 0 heterocycles. The van der Waals surface area contributed by atoms with Crippen LogP contribution in [0.5, 0.6) is 0 Å². The second-order valence-electron chi connectivity index (χ2n) is 11.7. The highest BCUT2D eigenvalue weighted by Gasteiger charge is 2.59. The molecule has 8 atom stereocenters. The number of allylic oxidation sites excluding steroid dienone is 1. The van der Waals surface area contributed by atoms with Gasteiger partial charge in [0.2, 0.25) is 0 Å². The van der Waals surface area contributed by atoms with Crippen LogP contribution in [0, 0.1) is 40.4 Å². The van der Waals surface area contributed by atoms with Gasteiger partial charge in [-0.1, -0.05) is 53.0 Å². The van der Waals surface area contributed by atoms with E-state index in [2.05, 4.69) is 33.8 Å². The lowest BCUT2D eigenvalue weighted by Gasteiger charge is -2.58. The third-order valence-electron chi connectivity index (χ3n) is 9.95. The summed E-state index contributed by atoms with van der Waals surface area (Å²) in [5.41, 5.74) is 1.85. The molecule has 160 valence electrons. The highest BCUT2D eigenvalue weighted by Crippen LogP contribution is 2.66. The van der Waals surface area contributed by atoms with Crippen LogP contribution in [-0.4, -0.2) is 22.4 Å². The Labute approximate surface area is 173 Å². The summed E-state index contributed by atoms with van der Waals surface area (Å²) in [6, 6.07) is 0. The SMILES string of the molecule is CC(C)CCCC[C@H]1CC[C@H]2[C@@H]3CC=C4[C@@H](O)[C@@H](O)CC[C@]4(C)[C@H]3CC[C@]12C. The molecule has 4 aliphatic carbocycles. The number of aliphatic hydroxyl groups is 2. The molecule has 2 heteroatoms. The van der Waals surface area contributed by atoms with E-state index in [1.165, 1.54) is 56.9 Å². The van der Waals surface area contributed by atoms with Gasteiger partial charge in [-0.2, -0.15) is 0 Å². The Kier molecular flexibility index (Phi) is 5.77. The second-order valence-corrected chi connectivity index (χ2v) is 11.7. The largest absolute Gasteiger partial charge is 0.390 e. The van der Waals surface area contributed by atoms with E-state index < -0.39 is 12.2 Å². The third-order valence-corrected chi connectivity index (χ3v) is 9.95. The molecule has 4 rings (SSSR count). The molecule has 2 N–H and O–H groups in total. The minimum absolute atomic E-state index is 0.123. The molecule has 0 aliphatic heterocycles. The quantitative estimate of drug-likeness (QED) is 0.440. The maximum atomic E-state index is 10.6. The lowest BCUT2D eigenvalue weighted by molar-refractivity contribution is -0.0766. The number of unbranched alkanes of at least 4 members (excludes halogenated alkanes) is 1. The Morgan fingerprint density at radius 2 is 1.79 bits per heavy atom. The topological polar surface area (TPSA) is 40.5 Å². The van der Waals surface area contributed by atoms with Gasteiger partial charge in [0, 0.05) is 0 Å². The van der Waals surface area contributed by atoms with Crippen molar-refractivity contribution in [1.29, 1.82) is 0 Å². The van der Waals surface area contributed by atoms with Crippen LogP contribution in [0.2, 0.25) is 0 Å². The number of fused-ring (bicyclic) bond motifs is 5. The molecule has 0 aromatic rings. The average molecular weight is 389 g/mol. The smallest absolute Gasteiger partial charge is 0.101 e. The summed E-state index contributed by atoms with van der Waals surface area (Å²) in [5, 5.41) is 20.8.